The molecule has 0 spiro atoms. The van der Waals surface area contributed by atoms with Crippen LogP contribution < -0.4 is 4.74 Å². The van der Waals surface area contributed by atoms with E-state index in [1.807, 2.05) is 54.6 Å². The minimum atomic E-state index is -4.40. The molecule has 1 heterocycles. The first-order valence-electron chi connectivity index (χ1n) is 11.2. The van der Waals surface area contributed by atoms with Gasteiger partial charge in [0.15, 0.2) is 0 Å². The van der Waals surface area contributed by atoms with E-state index in [4.69, 9.17) is 4.74 Å². The lowest BCUT2D eigenvalue weighted by atomic mass is 9.91. The standard InChI is InChI=1S/C27H26F3NO3/c28-27(29,30)23-11-9-20(10-12-23)25(31-15-13-21(14-16-31)26(32)33)22-7-4-8-24(17-22)34-18-19-5-2-1-3-6-19/h1-12,17,21,25H,13-16,18H2,(H,32,33). The van der Waals surface area contributed by atoms with E-state index in [2.05, 4.69) is 4.90 Å². The van der Waals surface area contributed by atoms with Crippen LogP contribution in [0, 0.1) is 5.92 Å². The van der Waals surface area contributed by atoms with Gasteiger partial charge in [-0.2, -0.15) is 13.2 Å². The van der Waals surface area contributed by atoms with Gasteiger partial charge in [0.2, 0.25) is 0 Å². The fourth-order valence-electron chi connectivity index (χ4n) is 4.39. The van der Waals surface area contributed by atoms with Gasteiger partial charge in [0, 0.05) is 0 Å². The van der Waals surface area contributed by atoms with E-state index in [9.17, 15) is 23.1 Å². The van der Waals surface area contributed by atoms with Gasteiger partial charge < -0.3 is 9.84 Å². The molecule has 4 nitrogen and oxygen atoms in total. The molecule has 178 valence electrons. The molecular formula is C27H26F3NO3. The molecule has 0 aromatic heterocycles. The average Bonchev–Trinajstić information content (AvgIpc) is 2.84. The fraction of sp³-hybridized carbons (Fsp3) is 0.296. The van der Waals surface area contributed by atoms with Crippen molar-refractivity contribution in [2.24, 2.45) is 5.92 Å². The van der Waals surface area contributed by atoms with Crippen molar-refractivity contribution in [3.8, 4) is 5.75 Å². The van der Waals surface area contributed by atoms with Crippen LogP contribution in [0.15, 0.2) is 78.9 Å². The Morgan fingerprint density at radius 2 is 1.62 bits per heavy atom. The molecule has 7 heteroatoms. The second-order valence-electron chi connectivity index (χ2n) is 8.52. The average molecular weight is 470 g/mol. The van der Waals surface area contributed by atoms with Crippen molar-refractivity contribution in [1.82, 2.24) is 4.90 Å². The zero-order valence-electron chi connectivity index (χ0n) is 18.5. The van der Waals surface area contributed by atoms with Crippen LogP contribution >= 0.6 is 0 Å². The van der Waals surface area contributed by atoms with Crippen LogP contribution in [0.4, 0.5) is 13.2 Å². The summed E-state index contributed by atoms with van der Waals surface area (Å²) < 4.78 is 45.3. The number of nitrogens with zero attached hydrogens (tertiary/aromatic N) is 1. The first kappa shape index (κ1) is 23.8. The molecule has 0 bridgehead atoms. The number of likely N-dealkylation sites (tertiary alicyclic amines) is 1. The van der Waals surface area contributed by atoms with Crippen LogP contribution in [-0.2, 0) is 17.6 Å². The van der Waals surface area contributed by atoms with Gasteiger partial charge >= 0.3 is 12.1 Å². The quantitative estimate of drug-likeness (QED) is 0.450. The number of piperidine rings is 1. The van der Waals surface area contributed by atoms with Gasteiger partial charge in [-0.05, 0) is 66.9 Å². The van der Waals surface area contributed by atoms with E-state index in [0.717, 1.165) is 28.8 Å². The summed E-state index contributed by atoms with van der Waals surface area (Å²) in [4.78, 5) is 13.5. The van der Waals surface area contributed by atoms with Gasteiger partial charge in [0.1, 0.15) is 12.4 Å². The second kappa shape index (κ2) is 10.3. The first-order chi connectivity index (χ1) is 16.3. The summed E-state index contributed by atoms with van der Waals surface area (Å²) in [5.41, 5.74) is 1.95. The SMILES string of the molecule is O=C(O)C1CCN(C(c2ccc(C(F)(F)F)cc2)c2cccc(OCc3ccccc3)c2)CC1. The van der Waals surface area contributed by atoms with Crippen LogP contribution in [0.5, 0.6) is 5.75 Å². The maximum atomic E-state index is 13.1. The highest BCUT2D eigenvalue weighted by atomic mass is 19.4. The molecule has 0 amide bonds. The van der Waals surface area contributed by atoms with Crippen LogP contribution in [0.1, 0.15) is 41.1 Å². The Kier molecular flexibility index (Phi) is 7.22. The molecule has 1 saturated heterocycles. The highest BCUT2D eigenvalue weighted by Gasteiger charge is 2.33. The minimum absolute atomic E-state index is 0.308. The molecule has 1 aliphatic rings. The van der Waals surface area contributed by atoms with Gasteiger partial charge in [0.05, 0.1) is 17.5 Å². The lowest BCUT2D eigenvalue weighted by Gasteiger charge is -2.37. The van der Waals surface area contributed by atoms with Gasteiger partial charge in [-0.1, -0.05) is 54.6 Å². The molecule has 1 atom stereocenters. The van der Waals surface area contributed by atoms with Crippen LogP contribution in [-0.4, -0.2) is 29.1 Å². The first-order valence-corrected chi connectivity index (χ1v) is 11.2. The number of ether oxygens (including phenoxy) is 1. The molecule has 0 aliphatic carbocycles. The number of hydrogen-bond donors (Lipinski definition) is 1. The number of halogens is 3. The van der Waals surface area contributed by atoms with E-state index in [-0.39, 0.29) is 6.04 Å². The summed E-state index contributed by atoms with van der Waals surface area (Å²) in [5, 5.41) is 9.35. The molecule has 1 N–H and O–H groups in total. The van der Waals surface area contributed by atoms with Crippen molar-refractivity contribution >= 4 is 5.97 Å². The zero-order valence-corrected chi connectivity index (χ0v) is 18.5. The number of rotatable bonds is 7. The number of carbonyl (C=O) groups is 1. The number of alkyl halides is 3. The Labute approximate surface area is 196 Å². The van der Waals surface area contributed by atoms with E-state index < -0.39 is 23.6 Å². The Balaban J connectivity index is 1.61. The lowest BCUT2D eigenvalue weighted by Crippen LogP contribution is -2.39. The maximum Gasteiger partial charge on any atom is 0.416 e. The number of carboxylic acids is 1. The maximum absolute atomic E-state index is 13.1. The third kappa shape index (κ3) is 5.78. The van der Waals surface area contributed by atoms with E-state index in [1.165, 1.54) is 12.1 Å². The van der Waals surface area contributed by atoms with Crippen molar-refractivity contribution in [3.63, 3.8) is 0 Å². The fourth-order valence-corrected chi connectivity index (χ4v) is 4.39. The molecule has 0 radical (unpaired) electrons. The zero-order chi connectivity index (χ0) is 24.1. The molecule has 4 rings (SSSR count). The largest absolute Gasteiger partial charge is 0.489 e. The van der Waals surface area contributed by atoms with Crippen molar-refractivity contribution in [3.05, 3.63) is 101 Å². The molecule has 3 aromatic carbocycles. The predicted molar refractivity (Wildman–Crippen MR) is 122 cm³/mol. The molecule has 1 aliphatic heterocycles. The van der Waals surface area contributed by atoms with Crippen LogP contribution in [0.25, 0.3) is 0 Å². The normalized spacial score (nSPS) is 16.2. The van der Waals surface area contributed by atoms with Gasteiger partial charge in [0.25, 0.3) is 0 Å². The Hall–Kier alpha value is -3.32. The Morgan fingerprint density at radius 3 is 2.24 bits per heavy atom. The summed E-state index contributed by atoms with van der Waals surface area (Å²) in [5.74, 6) is -0.536. The number of aliphatic carboxylic acids is 1. The molecule has 1 fully saturated rings. The van der Waals surface area contributed by atoms with E-state index in [0.29, 0.717) is 38.3 Å². The van der Waals surface area contributed by atoms with Crippen molar-refractivity contribution < 1.29 is 27.8 Å². The summed E-state index contributed by atoms with van der Waals surface area (Å²) in [7, 11) is 0. The van der Waals surface area contributed by atoms with Gasteiger partial charge in [-0.25, -0.2) is 0 Å². The van der Waals surface area contributed by atoms with Gasteiger partial charge in [-0.3, -0.25) is 9.69 Å². The second-order valence-corrected chi connectivity index (χ2v) is 8.52. The Bertz CT molecular complexity index is 1090. The summed E-state index contributed by atoms with van der Waals surface area (Å²) in [6, 6.07) is 22.2. The third-order valence-corrected chi connectivity index (χ3v) is 6.22. The highest BCUT2D eigenvalue weighted by molar-refractivity contribution is 5.70. The monoisotopic (exact) mass is 469 g/mol. The molecule has 3 aromatic rings. The molecule has 1 unspecified atom stereocenters. The van der Waals surface area contributed by atoms with E-state index in [1.54, 1.807) is 0 Å². The summed E-state index contributed by atoms with van der Waals surface area (Å²) in [6.45, 7) is 1.48. The van der Waals surface area contributed by atoms with Crippen LogP contribution in [0.2, 0.25) is 0 Å². The predicted octanol–water partition coefficient (Wildman–Crippen LogP) is 6.17. The Morgan fingerprint density at radius 1 is 0.941 bits per heavy atom. The van der Waals surface area contributed by atoms with E-state index >= 15 is 0 Å². The summed E-state index contributed by atoms with van der Waals surface area (Å²) >= 11 is 0. The molecule has 34 heavy (non-hydrogen) atoms. The van der Waals surface area contributed by atoms with Crippen LogP contribution in [0.3, 0.4) is 0 Å². The molecule has 0 saturated carbocycles. The van der Waals surface area contributed by atoms with Crippen molar-refractivity contribution in [1.29, 1.82) is 0 Å². The smallest absolute Gasteiger partial charge is 0.416 e. The number of carboxylic acid groups (broad SMARTS) is 1. The minimum Gasteiger partial charge on any atom is -0.489 e. The van der Waals surface area contributed by atoms with Crippen molar-refractivity contribution in [2.75, 3.05) is 13.1 Å². The lowest BCUT2D eigenvalue weighted by molar-refractivity contribution is -0.143. The highest BCUT2D eigenvalue weighted by Crippen LogP contribution is 2.36. The summed E-state index contributed by atoms with van der Waals surface area (Å²) in [6.07, 6.45) is -3.41. The van der Waals surface area contributed by atoms with Crippen molar-refractivity contribution in [2.45, 2.75) is 31.7 Å². The third-order valence-electron chi connectivity index (χ3n) is 6.22. The topological polar surface area (TPSA) is 49.8 Å². The molecular weight excluding hydrogens is 443 g/mol. The van der Waals surface area contributed by atoms with Gasteiger partial charge in [-0.15, -0.1) is 0 Å². The number of benzene rings is 3. The number of hydrogen-bond acceptors (Lipinski definition) is 3.